The molecule has 1 amide bonds. The van der Waals surface area contributed by atoms with Gasteiger partial charge in [-0.3, -0.25) is 9.52 Å². The van der Waals surface area contributed by atoms with Crippen molar-refractivity contribution < 1.29 is 39.7 Å². The van der Waals surface area contributed by atoms with Crippen molar-refractivity contribution >= 4 is 27.3 Å². The Morgan fingerprint density at radius 2 is 1.84 bits per heavy atom. The number of amides is 1. The molecule has 0 aliphatic rings. The number of hydrogen-bond donors (Lipinski definition) is 2. The largest absolute Gasteiger partial charge is 0.418 e. The fourth-order valence-electron chi connectivity index (χ4n) is 2.55. The zero-order valence-electron chi connectivity index (χ0n) is 15.4. The molecule has 0 atom stereocenters. The van der Waals surface area contributed by atoms with Crippen LogP contribution < -0.4 is 10.0 Å². The van der Waals surface area contributed by atoms with Gasteiger partial charge in [0.2, 0.25) is 0 Å². The van der Waals surface area contributed by atoms with E-state index in [1.54, 1.807) is 4.72 Å². The minimum atomic E-state index is -5.05. The monoisotopic (exact) mass is 461 g/mol. The second-order valence-electron chi connectivity index (χ2n) is 6.17. The summed E-state index contributed by atoms with van der Waals surface area (Å²) in [5.41, 5.74) is -2.74. The molecule has 164 valence electrons. The normalized spacial score (nSPS) is 11.9. The molecule has 1 heterocycles. The highest BCUT2D eigenvalue weighted by Gasteiger charge is 2.35. The maximum Gasteiger partial charge on any atom is 0.418 e. The number of aryl methyl sites for hydroxylation is 1. The number of nitrogens with zero attached hydrogens (tertiary/aromatic N) is 1. The van der Waals surface area contributed by atoms with Crippen molar-refractivity contribution in [2.24, 2.45) is 0 Å². The zero-order chi connectivity index (χ0) is 23.0. The summed E-state index contributed by atoms with van der Waals surface area (Å²) in [6.45, 7) is 1.42. The van der Waals surface area contributed by atoms with Crippen molar-refractivity contribution in [1.82, 2.24) is 5.16 Å². The molecule has 0 fully saturated rings. The highest BCUT2D eigenvalue weighted by atomic mass is 32.2. The SMILES string of the molecule is Cc1oncc1C(=O)Nc1ccc(NS(=O)(=O)c2cccc(F)c2F)c(C(F)(F)F)c1. The van der Waals surface area contributed by atoms with Crippen LogP contribution in [0.3, 0.4) is 0 Å². The van der Waals surface area contributed by atoms with Crippen LogP contribution in [0.2, 0.25) is 0 Å². The molecule has 1 aromatic heterocycles. The number of nitrogens with one attached hydrogen (secondary N) is 2. The average Bonchev–Trinajstić information content (AvgIpc) is 3.10. The number of halogens is 5. The minimum Gasteiger partial charge on any atom is -0.361 e. The van der Waals surface area contributed by atoms with Crippen molar-refractivity contribution in [2.45, 2.75) is 18.0 Å². The van der Waals surface area contributed by atoms with Crippen LogP contribution in [0.15, 0.2) is 52.0 Å². The molecular weight excluding hydrogens is 449 g/mol. The van der Waals surface area contributed by atoms with Crippen LogP contribution in [-0.4, -0.2) is 19.5 Å². The molecule has 13 heteroatoms. The summed E-state index contributed by atoms with van der Waals surface area (Å²) < 4.78 is 98.7. The van der Waals surface area contributed by atoms with Gasteiger partial charge in [0, 0.05) is 5.69 Å². The number of aromatic nitrogens is 1. The van der Waals surface area contributed by atoms with E-state index in [0.29, 0.717) is 18.2 Å². The maximum absolute atomic E-state index is 13.8. The highest BCUT2D eigenvalue weighted by molar-refractivity contribution is 7.92. The van der Waals surface area contributed by atoms with Crippen molar-refractivity contribution in [3.05, 3.63) is 71.1 Å². The summed E-state index contributed by atoms with van der Waals surface area (Å²) in [6, 6.07) is 4.46. The summed E-state index contributed by atoms with van der Waals surface area (Å²) >= 11 is 0. The second kappa shape index (κ2) is 7.98. The van der Waals surface area contributed by atoms with Gasteiger partial charge in [-0.05, 0) is 37.3 Å². The molecule has 0 aliphatic heterocycles. The summed E-state index contributed by atoms with van der Waals surface area (Å²) in [5, 5.41) is 5.60. The molecule has 0 spiro atoms. The van der Waals surface area contributed by atoms with Crippen LogP contribution in [0.5, 0.6) is 0 Å². The second-order valence-corrected chi connectivity index (χ2v) is 7.82. The quantitative estimate of drug-likeness (QED) is 0.551. The Kier molecular flexibility index (Phi) is 5.72. The van der Waals surface area contributed by atoms with E-state index in [4.69, 9.17) is 4.52 Å². The van der Waals surface area contributed by atoms with Crippen LogP contribution >= 0.6 is 0 Å². The van der Waals surface area contributed by atoms with E-state index in [1.165, 1.54) is 6.92 Å². The Balaban J connectivity index is 1.97. The first-order valence-corrected chi connectivity index (χ1v) is 9.79. The average molecular weight is 461 g/mol. The smallest absolute Gasteiger partial charge is 0.361 e. The fourth-order valence-corrected chi connectivity index (χ4v) is 3.72. The van der Waals surface area contributed by atoms with Gasteiger partial charge in [0.25, 0.3) is 15.9 Å². The lowest BCUT2D eigenvalue weighted by atomic mass is 10.1. The molecule has 7 nitrogen and oxygen atoms in total. The number of sulfonamides is 1. The van der Waals surface area contributed by atoms with Gasteiger partial charge in [-0.2, -0.15) is 13.2 Å². The molecule has 2 aromatic carbocycles. The Morgan fingerprint density at radius 3 is 2.45 bits per heavy atom. The first-order valence-electron chi connectivity index (χ1n) is 8.31. The first kappa shape index (κ1) is 22.2. The van der Waals surface area contributed by atoms with Crippen LogP contribution in [0.4, 0.5) is 33.3 Å². The van der Waals surface area contributed by atoms with E-state index in [1.807, 2.05) is 0 Å². The summed E-state index contributed by atoms with van der Waals surface area (Å²) in [6.07, 6.45) is -3.97. The van der Waals surface area contributed by atoms with Gasteiger partial charge in [-0.25, -0.2) is 17.2 Å². The number of carbonyl (C=O) groups excluding carboxylic acids is 1. The molecule has 3 rings (SSSR count). The molecule has 0 aliphatic carbocycles. The van der Waals surface area contributed by atoms with E-state index >= 15 is 0 Å². The number of benzene rings is 2. The lowest BCUT2D eigenvalue weighted by Crippen LogP contribution is -2.19. The van der Waals surface area contributed by atoms with Gasteiger partial charge < -0.3 is 9.84 Å². The topological polar surface area (TPSA) is 101 Å². The fraction of sp³-hybridized carbons (Fsp3) is 0.111. The van der Waals surface area contributed by atoms with Crippen LogP contribution in [0.25, 0.3) is 0 Å². The third-order valence-electron chi connectivity index (χ3n) is 4.03. The van der Waals surface area contributed by atoms with Gasteiger partial charge in [-0.1, -0.05) is 11.2 Å². The van der Waals surface area contributed by atoms with Crippen molar-refractivity contribution in [2.75, 3.05) is 10.0 Å². The number of anilines is 2. The number of carbonyl (C=O) groups is 1. The minimum absolute atomic E-state index is 0.0140. The predicted molar refractivity (Wildman–Crippen MR) is 97.8 cm³/mol. The van der Waals surface area contributed by atoms with Crippen LogP contribution in [0.1, 0.15) is 21.7 Å². The predicted octanol–water partition coefficient (Wildman–Crippen LogP) is 4.33. The number of rotatable bonds is 5. The summed E-state index contributed by atoms with van der Waals surface area (Å²) in [5.74, 6) is -3.89. The van der Waals surface area contributed by atoms with Gasteiger partial charge in [0.05, 0.1) is 17.4 Å². The molecule has 0 radical (unpaired) electrons. The van der Waals surface area contributed by atoms with Gasteiger partial charge in [0.1, 0.15) is 16.2 Å². The molecule has 0 unspecified atom stereocenters. The molecule has 0 bridgehead atoms. The third-order valence-corrected chi connectivity index (χ3v) is 5.41. The van der Waals surface area contributed by atoms with E-state index in [0.717, 1.165) is 24.4 Å². The summed E-state index contributed by atoms with van der Waals surface area (Å²) in [7, 11) is -4.90. The number of alkyl halides is 3. The third kappa shape index (κ3) is 4.66. The van der Waals surface area contributed by atoms with E-state index in [2.05, 4.69) is 10.5 Å². The zero-order valence-corrected chi connectivity index (χ0v) is 16.2. The van der Waals surface area contributed by atoms with Gasteiger partial charge in [0.15, 0.2) is 11.6 Å². The Bertz CT molecular complexity index is 1260. The molecule has 0 saturated carbocycles. The molecular formula is C18H12F5N3O4S. The lowest BCUT2D eigenvalue weighted by molar-refractivity contribution is -0.136. The van der Waals surface area contributed by atoms with Crippen molar-refractivity contribution in [3.63, 3.8) is 0 Å². The standard InChI is InChI=1S/C18H12F5N3O4S/c1-9-11(8-24-30-9)17(27)25-10-5-6-14(12(7-10)18(21,22)23)26-31(28,29)15-4-2-3-13(19)16(15)20/h2-8,26H,1H3,(H,25,27). The van der Waals surface area contributed by atoms with E-state index in [9.17, 15) is 35.2 Å². The Morgan fingerprint density at radius 1 is 1.13 bits per heavy atom. The van der Waals surface area contributed by atoms with Crippen molar-refractivity contribution in [3.8, 4) is 0 Å². The van der Waals surface area contributed by atoms with Gasteiger partial charge >= 0.3 is 6.18 Å². The van der Waals surface area contributed by atoms with Crippen LogP contribution in [0, 0.1) is 18.6 Å². The van der Waals surface area contributed by atoms with Crippen molar-refractivity contribution in [1.29, 1.82) is 0 Å². The highest BCUT2D eigenvalue weighted by Crippen LogP contribution is 2.37. The molecule has 0 saturated heterocycles. The maximum atomic E-state index is 13.8. The molecule has 3 aromatic rings. The molecule has 31 heavy (non-hydrogen) atoms. The Labute approximate surface area is 171 Å². The van der Waals surface area contributed by atoms with Gasteiger partial charge in [-0.15, -0.1) is 0 Å². The van der Waals surface area contributed by atoms with E-state index in [-0.39, 0.29) is 17.0 Å². The lowest BCUT2D eigenvalue weighted by Gasteiger charge is -2.17. The summed E-state index contributed by atoms with van der Waals surface area (Å²) in [4.78, 5) is 11.0. The van der Waals surface area contributed by atoms with Crippen LogP contribution in [-0.2, 0) is 16.2 Å². The van der Waals surface area contributed by atoms with E-state index < -0.39 is 49.9 Å². The Hall–Kier alpha value is -3.48. The number of hydrogen-bond acceptors (Lipinski definition) is 5. The first-order chi connectivity index (χ1) is 14.4. The molecule has 2 N–H and O–H groups in total.